The molecule has 0 saturated carbocycles. The van der Waals surface area contributed by atoms with Gasteiger partial charge in [-0.25, -0.2) is 0 Å². The highest BCUT2D eigenvalue weighted by atomic mass is 19.4. The largest absolute Gasteiger partial charge is 0.405 e. The monoisotopic (exact) mass is 549 g/mol. The van der Waals surface area contributed by atoms with Gasteiger partial charge in [0.2, 0.25) is 5.91 Å². The first-order chi connectivity index (χ1) is 18.4. The van der Waals surface area contributed by atoms with E-state index in [1.807, 2.05) is 50.4 Å². The van der Waals surface area contributed by atoms with Crippen molar-refractivity contribution in [2.45, 2.75) is 78.9 Å². The SMILES string of the molecule is C=C/C(C(=O)NC1CCN(CCCCC(C)(C)C(=O)NCC(F)(F)F)CC1)=C(\C=C)c1ccc(C)cc1.CC. The highest BCUT2D eigenvalue weighted by Gasteiger charge is 2.32. The third-order valence-electron chi connectivity index (χ3n) is 6.82. The van der Waals surface area contributed by atoms with E-state index < -0.39 is 24.0 Å². The second-order valence-corrected chi connectivity index (χ2v) is 10.3. The summed E-state index contributed by atoms with van der Waals surface area (Å²) in [4.78, 5) is 27.4. The van der Waals surface area contributed by atoms with E-state index in [-0.39, 0.29) is 11.9 Å². The molecule has 1 fully saturated rings. The Hall–Kier alpha value is -2.87. The topological polar surface area (TPSA) is 61.4 Å². The van der Waals surface area contributed by atoms with Crippen molar-refractivity contribution >= 4 is 17.4 Å². The molecule has 8 heteroatoms. The summed E-state index contributed by atoms with van der Waals surface area (Å²) >= 11 is 0. The van der Waals surface area contributed by atoms with E-state index in [1.165, 1.54) is 0 Å². The zero-order valence-electron chi connectivity index (χ0n) is 24.2. The van der Waals surface area contributed by atoms with Gasteiger partial charge < -0.3 is 15.5 Å². The Bertz CT molecular complexity index is 974. The molecule has 39 heavy (non-hydrogen) atoms. The summed E-state index contributed by atoms with van der Waals surface area (Å²) in [5.41, 5.74) is 2.46. The maximum absolute atomic E-state index is 13.0. The molecular formula is C31H46F3N3O2. The van der Waals surface area contributed by atoms with E-state index in [0.29, 0.717) is 12.0 Å². The number of likely N-dealkylation sites (tertiary alicyclic amines) is 1. The van der Waals surface area contributed by atoms with Crippen LogP contribution in [-0.4, -0.2) is 55.1 Å². The molecule has 2 N–H and O–H groups in total. The van der Waals surface area contributed by atoms with Gasteiger partial charge in [-0.15, -0.1) is 0 Å². The Balaban J connectivity index is 0.00000371. The van der Waals surface area contributed by atoms with Crippen molar-refractivity contribution in [1.82, 2.24) is 15.5 Å². The first kappa shape index (κ1) is 34.2. The highest BCUT2D eigenvalue weighted by molar-refractivity contribution is 6.05. The third kappa shape index (κ3) is 11.8. The second-order valence-electron chi connectivity index (χ2n) is 10.3. The van der Waals surface area contributed by atoms with Crippen molar-refractivity contribution in [3.63, 3.8) is 0 Å². The van der Waals surface area contributed by atoms with Crippen LogP contribution >= 0.6 is 0 Å². The molecule has 0 bridgehead atoms. The molecule has 1 aromatic rings. The number of rotatable bonds is 12. The molecule has 0 aromatic heterocycles. The number of nitrogens with one attached hydrogen (secondary N) is 2. The number of piperidine rings is 1. The molecule has 1 aliphatic heterocycles. The molecule has 0 aliphatic carbocycles. The quantitative estimate of drug-likeness (QED) is 0.175. The van der Waals surface area contributed by atoms with E-state index in [4.69, 9.17) is 0 Å². The van der Waals surface area contributed by atoms with E-state index in [1.54, 1.807) is 26.0 Å². The van der Waals surface area contributed by atoms with Crippen molar-refractivity contribution in [3.8, 4) is 0 Å². The summed E-state index contributed by atoms with van der Waals surface area (Å²) in [7, 11) is 0. The molecule has 1 saturated heterocycles. The fourth-order valence-corrected chi connectivity index (χ4v) is 4.44. The Morgan fingerprint density at radius 2 is 1.62 bits per heavy atom. The molecule has 0 spiro atoms. The summed E-state index contributed by atoms with van der Waals surface area (Å²) in [5.74, 6) is -0.730. The number of hydrogen-bond acceptors (Lipinski definition) is 3. The number of carbonyl (C=O) groups is 2. The molecule has 1 aliphatic rings. The van der Waals surface area contributed by atoms with Crippen molar-refractivity contribution in [1.29, 1.82) is 0 Å². The molecule has 1 heterocycles. The lowest BCUT2D eigenvalue weighted by Gasteiger charge is -2.32. The van der Waals surface area contributed by atoms with Gasteiger partial charge in [-0.3, -0.25) is 9.59 Å². The van der Waals surface area contributed by atoms with Crippen LogP contribution in [-0.2, 0) is 9.59 Å². The number of amides is 2. The van der Waals surface area contributed by atoms with E-state index in [0.717, 1.165) is 62.0 Å². The molecule has 218 valence electrons. The van der Waals surface area contributed by atoms with Crippen LogP contribution in [0.4, 0.5) is 13.2 Å². The fourth-order valence-electron chi connectivity index (χ4n) is 4.44. The number of carbonyl (C=O) groups excluding carboxylic acids is 2. The standard InChI is InChI=1S/C29H40F3N3O2.C2H6/c1-6-24(22-12-10-21(3)11-13-22)25(7-2)26(36)34-23-14-18-35(19-15-23)17-9-8-16-28(4,5)27(37)33-20-29(30,31)32;1-2/h6-7,10-13,23H,1-2,8-9,14-20H2,3-5H3,(H,33,37)(H,34,36);1-2H3/b25-24-;. The summed E-state index contributed by atoms with van der Waals surface area (Å²) < 4.78 is 37.1. The summed E-state index contributed by atoms with van der Waals surface area (Å²) in [6.07, 6.45) is 2.64. The van der Waals surface area contributed by atoms with Gasteiger partial charge in [0.1, 0.15) is 6.54 Å². The summed E-state index contributed by atoms with van der Waals surface area (Å²) in [5, 5.41) is 5.13. The zero-order chi connectivity index (χ0) is 29.6. The number of alkyl halides is 3. The van der Waals surface area contributed by atoms with Crippen molar-refractivity contribution in [2.75, 3.05) is 26.2 Å². The predicted octanol–water partition coefficient (Wildman–Crippen LogP) is 6.60. The zero-order valence-corrected chi connectivity index (χ0v) is 24.2. The van der Waals surface area contributed by atoms with Crippen molar-refractivity contribution in [2.24, 2.45) is 5.41 Å². The number of hydrogen-bond donors (Lipinski definition) is 2. The molecule has 0 radical (unpaired) electrons. The maximum atomic E-state index is 13.0. The van der Waals surface area contributed by atoms with Crippen molar-refractivity contribution in [3.05, 3.63) is 66.3 Å². The summed E-state index contributed by atoms with van der Waals surface area (Å²) in [6, 6.07) is 8.00. The minimum atomic E-state index is -4.41. The fraction of sp³-hybridized carbons (Fsp3) is 0.548. The third-order valence-corrected chi connectivity index (χ3v) is 6.82. The first-order valence-corrected chi connectivity index (χ1v) is 13.8. The summed E-state index contributed by atoms with van der Waals surface area (Å²) in [6.45, 7) is 18.3. The molecule has 0 atom stereocenters. The number of aryl methyl sites for hydroxylation is 1. The van der Waals surface area contributed by atoms with Crippen LogP contribution in [0, 0.1) is 12.3 Å². The lowest BCUT2D eigenvalue weighted by molar-refractivity contribution is -0.143. The van der Waals surface area contributed by atoms with Gasteiger partial charge in [0.25, 0.3) is 5.91 Å². The van der Waals surface area contributed by atoms with Crippen LogP contribution in [0.3, 0.4) is 0 Å². The highest BCUT2D eigenvalue weighted by Crippen LogP contribution is 2.25. The molecular weight excluding hydrogens is 503 g/mol. The average molecular weight is 550 g/mol. The minimum Gasteiger partial charge on any atom is -0.349 e. The number of benzene rings is 1. The molecule has 1 aromatic carbocycles. The minimum absolute atomic E-state index is 0.0686. The van der Waals surface area contributed by atoms with Gasteiger partial charge in [0.05, 0.1) is 0 Å². The lowest BCUT2D eigenvalue weighted by Crippen LogP contribution is -2.45. The Morgan fingerprint density at radius 3 is 2.13 bits per heavy atom. The van der Waals surface area contributed by atoms with Gasteiger partial charge in [-0.05, 0) is 50.3 Å². The lowest BCUT2D eigenvalue weighted by atomic mass is 9.86. The van der Waals surface area contributed by atoms with E-state index >= 15 is 0 Å². The number of allylic oxidation sites excluding steroid dienone is 2. The Kier molecular flexibility index (Phi) is 14.3. The van der Waals surface area contributed by atoms with Crippen LogP contribution < -0.4 is 10.6 Å². The number of halogens is 3. The van der Waals surface area contributed by atoms with Crippen LogP contribution in [0.15, 0.2) is 55.1 Å². The maximum Gasteiger partial charge on any atom is 0.405 e. The van der Waals surface area contributed by atoms with Gasteiger partial charge in [0, 0.05) is 30.1 Å². The number of unbranched alkanes of at least 4 members (excludes halogenated alkanes) is 1. The van der Waals surface area contributed by atoms with Crippen LogP contribution in [0.2, 0.25) is 0 Å². The first-order valence-electron chi connectivity index (χ1n) is 13.8. The van der Waals surface area contributed by atoms with Crippen LogP contribution in [0.1, 0.15) is 70.9 Å². The van der Waals surface area contributed by atoms with Crippen molar-refractivity contribution < 1.29 is 22.8 Å². The molecule has 5 nitrogen and oxygen atoms in total. The van der Waals surface area contributed by atoms with Gasteiger partial charge in [0.15, 0.2) is 0 Å². The van der Waals surface area contributed by atoms with Gasteiger partial charge >= 0.3 is 6.18 Å². The van der Waals surface area contributed by atoms with E-state index in [2.05, 4.69) is 23.4 Å². The second kappa shape index (κ2) is 16.3. The Labute approximate surface area is 232 Å². The molecule has 2 rings (SSSR count). The smallest absolute Gasteiger partial charge is 0.349 e. The van der Waals surface area contributed by atoms with Gasteiger partial charge in [-0.2, -0.15) is 13.2 Å². The predicted molar refractivity (Wildman–Crippen MR) is 154 cm³/mol. The molecule has 2 amide bonds. The van der Waals surface area contributed by atoms with Crippen LogP contribution in [0.5, 0.6) is 0 Å². The number of nitrogens with zero attached hydrogens (tertiary/aromatic N) is 1. The normalized spacial score (nSPS) is 15.4. The average Bonchev–Trinajstić information content (AvgIpc) is 2.90. The molecule has 0 unspecified atom stereocenters. The Morgan fingerprint density at radius 1 is 1.03 bits per heavy atom. The van der Waals surface area contributed by atoms with Gasteiger partial charge in [-0.1, -0.05) is 89.3 Å². The van der Waals surface area contributed by atoms with E-state index in [9.17, 15) is 22.8 Å². The van der Waals surface area contributed by atoms with Crippen LogP contribution in [0.25, 0.3) is 5.57 Å².